The number of pyridine rings is 1. The molecule has 2 heterocycles. The average Bonchev–Trinajstić information content (AvgIpc) is 3.16. The second kappa shape index (κ2) is 8.44. The van der Waals surface area contributed by atoms with Gasteiger partial charge < -0.3 is 14.8 Å². The zero-order chi connectivity index (χ0) is 18.4. The van der Waals surface area contributed by atoms with Crippen LogP contribution in [0.25, 0.3) is 11.3 Å². The van der Waals surface area contributed by atoms with Gasteiger partial charge in [-0.2, -0.15) is 0 Å². The Morgan fingerprint density at radius 1 is 1.23 bits per heavy atom. The van der Waals surface area contributed by atoms with Crippen LogP contribution >= 0.6 is 11.3 Å². The number of methoxy groups -OCH3 is 2. The third kappa shape index (κ3) is 4.37. The molecule has 1 aromatic carbocycles. The Balaban J connectivity index is 1.61. The summed E-state index contributed by atoms with van der Waals surface area (Å²) >= 11 is 1.54. The van der Waals surface area contributed by atoms with Gasteiger partial charge in [0, 0.05) is 42.2 Å². The minimum absolute atomic E-state index is 0.102. The molecule has 0 aliphatic rings. The molecule has 0 saturated carbocycles. The van der Waals surface area contributed by atoms with Crippen molar-refractivity contribution in [3.05, 3.63) is 53.1 Å². The van der Waals surface area contributed by atoms with Crippen LogP contribution < -0.4 is 14.8 Å². The summed E-state index contributed by atoms with van der Waals surface area (Å²) < 4.78 is 10.5. The van der Waals surface area contributed by atoms with Gasteiger partial charge in [-0.3, -0.25) is 9.78 Å². The van der Waals surface area contributed by atoms with E-state index in [2.05, 4.69) is 15.3 Å². The molecule has 3 aromatic rings. The normalized spacial score (nSPS) is 10.4. The molecule has 134 valence electrons. The molecule has 6 nitrogen and oxygen atoms in total. The summed E-state index contributed by atoms with van der Waals surface area (Å²) in [5, 5.41) is 5.76. The smallest absolute Gasteiger partial charge is 0.224 e. The molecule has 1 N–H and O–H groups in total. The van der Waals surface area contributed by atoms with Crippen molar-refractivity contribution in [3.63, 3.8) is 0 Å². The van der Waals surface area contributed by atoms with E-state index in [4.69, 9.17) is 9.47 Å². The van der Waals surface area contributed by atoms with Gasteiger partial charge in [0.25, 0.3) is 0 Å². The molecular weight excluding hydrogens is 350 g/mol. The topological polar surface area (TPSA) is 73.3 Å². The molecule has 0 fully saturated rings. The SMILES string of the molecule is COc1ccc(OC)c(NC(=O)CCc2nc(-c3cccnc3)cs2)c1. The van der Waals surface area contributed by atoms with Crippen LogP contribution in [0.5, 0.6) is 11.5 Å². The van der Waals surface area contributed by atoms with Crippen LogP contribution in [-0.2, 0) is 11.2 Å². The highest BCUT2D eigenvalue weighted by Crippen LogP contribution is 2.29. The maximum absolute atomic E-state index is 12.3. The van der Waals surface area contributed by atoms with Crippen LogP contribution in [0.4, 0.5) is 5.69 Å². The van der Waals surface area contributed by atoms with Gasteiger partial charge in [-0.05, 0) is 24.3 Å². The van der Waals surface area contributed by atoms with Crippen molar-refractivity contribution in [2.45, 2.75) is 12.8 Å². The molecule has 0 aliphatic carbocycles. The first-order chi connectivity index (χ1) is 12.7. The number of anilines is 1. The molecule has 1 amide bonds. The van der Waals surface area contributed by atoms with Crippen LogP contribution in [0, 0.1) is 0 Å². The number of nitrogens with zero attached hydrogens (tertiary/aromatic N) is 2. The fraction of sp³-hybridized carbons (Fsp3) is 0.211. The molecule has 0 aliphatic heterocycles. The maximum Gasteiger partial charge on any atom is 0.224 e. The lowest BCUT2D eigenvalue weighted by molar-refractivity contribution is -0.116. The molecule has 0 atom stereocenters. The molecular formula is C19H19N3O3S. The van der Waals surface area contributed by atoms with Gasteiger partial charge in [0.1, 0.15) is 11.5 Å². The highest BCUT2D eigenvalue weighted by atomic mass is 32.1. The Morgan fingerprint density at radius 3 is 2.85 bits per heavy atom. The van der Waals surface area contributed by atoms with Gasteiger partial charge in [0.15, 0.2) is 0 Å². The Hall–Kier alpha value is -2.93. The summed E-state index contributed by atoms with van der Waals surface area (Å²) in [6.45, 7) is 0. The first-order valence-electron chi connectivity index (χ1n) is 8.06. The van der Waals surface area contributed by atoms with Crippen LogP contribution in [-0.4, -0.2) is 30.1 Å². The fourth-order valence-electron chi connectivity index (χ4n) is 2.42. The summed E-state index contributed by atoms with van der Waals surface area (Å²) in [5.41, 5.74) is 2.44. The number of rotatable bonds is 7. The number of aromatic nitrogens is 2. The molecule has 2 aromatic heterocycles. The number of carbonyl (C=O) groups is 1. The van der Waals surface area contributed by atoms with Gasteiger partial charge in [-0.15, -0.1) is 11.3 Å². The Labute approximate surface area is 155 Å². The highest BCUT2D eigenvalue weighted by Gasteiger charge is 2.11. The zero-order valence-electron chi connectivity index (χ0n) is 14.6. The van der Waals surface area contributed by atoms with Crippen LogP contribution in [0.3, 0.4) is 0 Å². The van der Waals surface area contributed by atoms with Crippen molar-refractivity contribution in [2.75, 3.05) is 19.5 Å². The lowest BCUT2D eigenvalue weighted by Gasteiger charge is -2.11. The Morgan fingerprint density at radius 2 is 2.12 bits per heavy atom. The third-order valence-corrected chi connectivity index (χ3v) is 4.66. The van der Waals surface area contributed by atoms with E-state index in [-0.39, 0.29) is 5.91 Å². The standard InChI is InChI=1S/C19H19N3O3S/c1-24-14-5-6-17(25-2)15(10-14)21-18(23)7-8-19-22-16(12-26-19)13-4-3-9-20-11-13/h3-6,9-12H,7-8H2,1-2H3,(H,21,23). The number of amides is 1. The van der Waals surface area contributed by atoms with Crippen molar-refractivity contribution in [3.8, 4) is 22.8 Å². The first-order valence-corrected chi connectivity index (χ1v) is 8.94. The number of thiazole rings is 1. The zero-order valence-corrected chi connectivity index (χ0v) is 15.4. The minimum Gasteiger partial charge on any atom is -0.497 e. The number of nitrogens with one attached hydrogen (secondary N) is 1. The van der Waals surface area contributed by atoms with E-state index in [0.717, 1.165) is 16.3 Å². The van der Waals surface area contributed by atoms with Crippen LogP contribution in [0.1, 0.15) is 11.4 Å². The molecule has 3 rings (SSSR count). The van der Waals surface area contributed by atoms with E-state index in [9.17, 15) is 4.79 Å². The molecule has 0 radical (unpaired) electrons. The van der Waals surface area contributed by atoms with Crippen molar-refractivity contribution < 1.29 is 14.3 Å². The van der Waals surface area contributed by atoms with Crippen molar-refractivity contribution >= 4 is 22.9 Å². The molecule has 0 spiro atoms. The van der Waals surface area contributed by atoms with Gasteiger partial charge in [0.2, 0.25) is 5.91 Å². The number of ether oxygens (including phenoxy) is 2. The van der Waals surface area contributed by atoms with E-state index < -0.39 is 0 Å². The summed E-state index contributed by atoms with van der Waals surface area (Å²) in [6, 6.07) is 9.12. The molecule has 0 unspecified atom stereocenters. The van der Waals surface area contributed by atoms with Gasteiger partial charge in [0.05, 0.1) is 30.6 Å². The minimum atomic E-state index is -0.102. The fourth-order valence-corrected chi connectivity index (χ4v) is 3.22. The summed E-state index contributed by atoms with van der Waals surface area (Å²) in [4.78, 5) is 21.0. The molecule has 26 heavy (non-hydrogen) atoms. The van der Waals surface area contributed by atoms with E-state index in [1.807, 2.05) is 17.5 Å². The van der Waals surface area contributed by atoms with E-state index in [1.165, 1.54) is 0 Å². The second-order valence-corrected chi connectivity index (χ2v) is 6.43. The van der Waals surface area contributed by atoms with Crippen LogP contribution in [0.2, 0.25) is 0 Å². The number of carbonyl (C=O) groups excluding carboxylic acids is 1. The quantitative estimate of drug-likeness (QED) is 0.686. The number of benzene rings is 1. The molecule has 0 saturated heterocycles. The summed E-state index contributed by atoms with van der Waals surface area (Å²) in [7, 11) is 3.14. The van der Waals surface area contributed by atoms with Gasteiger partial charge in [-0.25, -0.2) is 4.98 Å². The number of hydrogen-bond acceptors (Lipinski definition) is 6. The lowest BCUT2D eigenvalue weighted by Crippen LogP contribution is -2.13. The lowest BCUT2D eigenvalue weighted by atomic mass is 10.2. The van der Waals surface area contributed by atoms with Crippen LogP contribution in [0.15, 0.2) is 48.1 Å². The summed E-state index contributed by atoms with van der Waals surface area (Å²) in [5.74, 6) is 1.14. The number of aryl methyl sites for hydroxylation is 1. The monoisotopic (exact) mass is 369 g/mol. The molecule has 7 heteroatoms. The second-order valence-electron chi connectivity index (χ2n) is 5.48. The Bertz CT molecular complexity index is 881. The first kappa shape index (κ1) is 17.9. The van der Waals surface area contributed by atoms with Gasteiger partial charge in [-0.1, -0.05) is 0 Å². The third-order valence-electron chi connectivity index (χ3n) is 3.76. The predicted octanol–water partition coefficient (Wildman–Crippen LogP) is 3.79. The number of hydrogen-bond donors (Lipinski definition) is 1. The molecule has 0 bridgehead atoms. The highest BCUT2D eigenvalue weighted by molar-refractivity contribution is 7.09. The van der Waals surface area contributed by atoms with E-state index in [1.54, 1.807) is 56.1 Å². The largest absolute Gasteiger partial charge is 0.497 e. The van der Waals surface area contributed by atoms with Gasteiger partial charge >= 0.3 is 0 Å². The van der Waals surface area contributed by atoms with Crippen molar-refractivity contribution in [1.82, 2.24) is 9.97 Å². The van der Waals surface area contributed by atoms with Crippen molar-refractivity contribution in [2.24, 2.45) is 0 Å². The summed E-state index contributed by atoms with van der Waals surface area (Å²) in [6.07, 6.45) is 4.41. The van der Waals surface area contributed by atoms with Crippen molar-refractivity contribution in [1.29, 1.82) is 0 Å². The Kier molecular flexibility index (Phi) is 5.80. The average molecular weight is 369 g/mol. The van der Waals surface area contributed by atoms with E-state index >= 15 is 0 Å². The predicted molar refractivity (Wildman–Crippen MR) is 102 cm³/mol. The van der Waals surface area contributed by atoms with E-state index in [0.29, 0.717) is 30.0 Å². The maximum atomic E-state index is 12.3.